The van der Waals surface area contributed by atoms with Gasteiger partial charge in [-0.3, -0.25) is 0 Å². The highest BCUT2D eigenvalue weighted by molar-refractivity contribution is 7.19. The number of nitriles is 1. The van der Waals surface area contributed by atoms with Gasteiger partial charge in [-0.15, -0.1) is 0 Å². The van der Waals surface area contributed by atoms with E-state index in [9.17, 15) is 5.26 Å². The maximum atomic E-state index is 9.94. The van der Waals surface area contributed by atoms with E-state index in [1.165, 1.54) is 26.7 Å². The number of thiophene rings is 1. The molecule has 0 amide bonds. The average Bonchev–Trinajstić information content (AvgIpc) is 3.25. The molecule has 0 unspecified atom stereocenters. The van der Waals surface area contributed by atoms with Crippen LogP contribution in [0.3, 0.4) is 0 Å². The van der Waals surface area contributed by atoms with Crippen LogP contribution in [0.4, 0.5) is 0 Å². The van der Waals surface area contributed by atoms with Crippen molar-refractivity contribution in [2.24, 2.45) is 7.05 Å². The van der Waals surface area contributed by atoms with Gasteiger partial charge in [0.05, 0.1) is 35.2 Å². The van der Waals surface area contributed by atoms with Crippen LogP contribution in [0.25, 0.3) is 48.4 Å². The Morgan fingerprint density at radius 1 is 1.14 bits per heavy atom. The zero-order valence-corrected chi connectivity index (χ0v) is 17.6. The molecule has 4 aromatic heterocycles. The maximum Gasteiger partial charge on any atom is 0.288 e. The number of hydrogen-bond acceptors (Lipinski definition) is 3. The fourth-order valence-corrected chi connectivity index (χ4v) is 6.07. The van der Waals surface area contributed by atoms with Crippen molar-refractivity contribution in [3.8, 4) is 6.07 Å². The van der Waals surface area contributed by atoms with Gasteiger partial charge in [0, 0.05) is 21.0 Å². The fraction of sp³-hybridized carbons (Fsp3) is 0.208. The number of benzene rings is 2. The van der Waals surface area contributed by atoms with Gasteiger partial charge in [0.2, 0.25) is 4.83 Å². The number of hydrogen-bond donors (Lipinski definition) is 0. The van der Waals surface area contributed by atoms with E-state index in [0.717, 1.165) is 37.8 Å². The van der Waals surface area contributed by atoms with E-state index in [1.54, 1.807) is 11.3 Å². The number of rotatable bonds is 1. The second kappa shape index (κ2) is 5.43. The van der Waals surface area contributed by atoms with E-state index < -0.39 is 0 Å². The standard InChI is InChI=1S/C24H19N4S/c1-12(2)23-22-19-20(27(4)11-26-24(19)29-23)17-13(3)9-14(10-25)18-15-7-5-6-8-16(15)28(22)21(17)18/h5-9,11-12H,1-4H3/q+1. The fourth-order valence-electron chi connectivity index (χ4n) is 4.94. The smallest absolute Gasteiger partial charge is 0.288 e. The van der Waals surface area contributed by atoms with Crippen molar-refractivity contribution in [1.82, 2.24) is 9.38 Å². The maximum absolute atomic E-state index is 9.94. The van der Waals surface area contributed by atoms with Gasteiger partial charge in [-0.2, -0.15) is 5.26 Å². The molecule has 0 bridgehead atoms. The van der Waals surface area contributed by atoms with E-state index >= 15 is 0 Å². The lowest BCUT2D eigenvalue weighted by Gasteiger charge is -2.12. The van der Waals surface area contributed by atoms with Crippen LogP contribution in [0.2, 0.25) is 0 Å². The lowest BCUT2D eigenvalue weighted by molar-refractivity contribution is -0.646. The van der Waals surface area contributed by atoms with Crippen LogP contribution < -0.4 is 4.57 Å². The lowest BCUT2D eigenvalue weighted by Crippen LogP contribution is -2.29. The first-order valence-electron chi connectivity index (χ1n) is 9.81. The van der Waals surface area contributed by atoms with Crippen LogP contribution in [0.5, 0.6) is 0 Å². The number of pyridine rings is 1. The van der Waals surface area contributed by atoms with Crippen LogP contribution in [-0.2, 0) is 7.05 Å². The summed E-state index contributed by atoms with van der Waals surface area (Å²) in [6, 6.07) is 13.0. The molecule has 0 N–H and O–H groups in total. The molecule has 0 aliphatic rings. The summed E-state index contributed by atoms with van der Waals surface area (Å²) in [5.41, 5.74) is 6.63. The molecule has 4 nitrogen and oxygen atoms in total. The summed E-state index contributed by atoms with van der Waals surface area (Å²) >= 11 is 1.79. The summed E-state index contributed by atoms with van der Waals surface area (Å²) in [6.07, 6.45) is 1.92. The van der Waals surface area contributed by atoms with E-state index in [2.05, 4.69) is 67.1 Å². The van der Waals surface area contributed by atoms with Crippen molar-refractivity contribution < 1.29 is 4.57 Å². The van der Waals surface area contributed by atoms with Crippen molar-refractivity contribution in [3.63, 3.8) is 0 Å². The first kappa shape index (κ1) is 16.7. The average molecular weight is 396 g/mol. The minimum atomic E-state index is 0.389. The van der Waals surface area contributed by atoms with Crippen LogP contribution in [0.15, 0.2) is 36.7 Å². The van der Waals surface area contributed by atoms with Gasteiger partial charge < -0.3 is 4.40 Å². The van der Waals surface area contributed by atoms with Gasteiger partial charge in [-0.1, -0.05) is 43.4 Å². The van der Waals surface area contributed by atoms with Gasteiger partial charge in [0.15, 0.2) is 5.52 Å². The van der Waals surface area contributed by atoms with Crippen molar-refractivity contribution in [2.45, 2.75) is 26.7 Å². The molecule has 0 spiro atoms. The van der Waals surface area contributed by atoms with Crippen LogP contribution in [-0.4, -0.2) is 9.38 Å². The third-order valence-corrected chi connectivity index (χ3v) is 7.46. The Balaban J connectivity index is 2.15. The summed E-state index contributed by atoms with van der Waals surface area (Å²) in [6.45, 7) is 6.61. The van der Waals surface area contributed by atoms with Crippen LogP contribution in [0.1, 0.15) is 35.8 Å². The Kier molecular flexibility index (Phi) is 3.13. The van der Waals surface area contributed by atoms with Crippen LogP contribution >= 0.6 is 11.3 Å². The SMILES string of the molecule is Cc1cc(C#N)c2c3ccccc3n3c4c(C(C)C)sc5nc[n+](C)c(c1c23)c54. The molecule has 0 saturated heterocycles. The van der Waals surface area contributed by atoms with Gasteiger partial charge in [-0.25, -0.2) is 4.57 Å². The number of nitrogens with zero attached hydrogens (tertiary/aromatic N) is 4. The van der Waals surface area contributed by atoms with Crippen molar-refractivity contribution in [3.05, 3.63) is 52.7 Å². The number of aromatic nitrogens is 3. The Labute approximate surface area is 171 Å². The first-order chi connectivity index (χ1) is 14.0. The zero-order valence-electron chi connectivity index (χ0n) is 16.7. The zero-order chi connectivity index (χ0) is 20.0. The molecule has 0 radical (unpaired) electrons. The molecule has 0 aliphatic carbocycles. The quantitative estimate of drug-likeness (QED) is 0.270. The summed E-state index contributed by atoms with van der Waals surface area (Å²) in [5.74, 6) is 0.389. The molecule has 0 aliphatic heterocycles. The second-order valence-corrected chi connectivity index (χ2v) is 9.19. The van der Waals surface area contributed by atoms with Gasteiger partial charge >= 0.3 is 0 Å². The second-order valence-electron chi connectivity index (χ2n) is 8.16. The van der Waals surface area contributed by atoms with Gasteiger partial charge in [0.25, 0.3) is 6.33 Å². The molecule has 6 rings (SSSR count). The van der Waals surface area contributed by atoms with E-state index in [0.29, 0.717) is 5.92 Å². The molecular weight excluding hydrogens is 376 g/mol. The van der Waals surface area contributed by atoms with Crippen molar-refractivity contribution in [2.75, 3.05) is 0 Å². The Bertz CT molecular complexity index is 1660. The molecule has 0 saturated carbocycles. The molecule has 29 heavy (non-hydrogen) atoms. The Hall–Kier alpha value is -3.23. The predicted octanol–water partition coefficient (Wildman–Crippen LogP) is 5.57. The number of fused-ring (bicyclic) bond motifs is 5. The third-order valence-electron chi connectivity index (χ3n) is 6.07. The topological polar surface area (TPSA) is 45.0 Å². The minimum absolute atomic E-state index is 0.389. The number of para-hydroxylation sites is 1. The lowest BCUT2D eigenvalue weighted by atomic mass is 9.98. The minimum Gasteiger partial charge on any atom is -0.306 e. The monoisotopic (exact) mass is 395 g/mol. The number of aryl methyl sites for hydroxylation is 2. The molecule has 5 heteroatoms. The Morgan fingerprint density at radius 3 is 2.69 bits per heavy atom. The van der Waals surface area contributed by atoms with Crippen molar-refractivity contribution in [1.29, 1.82) is 5.26 Å². The Morgan fingerprint density at radius 2 is 1.93 bits per heavy atom. The highest BCUT2D eigenvalue weighted by atomic mass is 32.1. The van der Waals surface area contributed by atoms with Gasteiger partial charge in [0.1, 0.15) is 5.39 Å². The molecule has 2 aromatic carbocycles. The van der Waals surface area contributed by atoms with E-state index in [1.807, 2.05) is 12.4 Å². The molecule has 0 fully saturated rings. The molecule has 4 heterocycles. The van der Waals surface area contributed by atoms with Crippen molar-refractivity contribution >= 4 is 59.8 Å². The van der Waals surface area contributed by atoms with E-state index in [4.69, 9.17) is 4.98 Å². The summed E-state index contributed by atoms with van der Waals surface area (Å²) in [4.78, 5) is 7.19. The molecule has 0 atom stereocenters. The summed E-state index contributed by atoms with van der Waals surface area (Å²) in [5, 5.41) is 14.6. The van der Waals surface area contributed by atoms with Crippen LogP contribution in [0, 0.1) is 18.3 Å². The molecule has 6 aromatic rings. The third kappa shape index (κ3) is 1.87. The molecule has 140 valence electrons. The normalized spacial score (nSPS) is 12.4. The highest BCUT2D eigenvalue weighted by Crippen LogP contribution is 2.46. The first-order valence-corrected chi connectivity index (χ1v) is 10.6. The van der Waals surface area contributed by atoms with Gasteiger partial charge in [-0.05, 0) is 35.5 Å². The largest absolute Gasteiger partial charge is 0.306 e. The summed E-state index contributed by atoms with van der Waals surface area (Å²) < 4.78 is 4.54. The molecular formula is C24H19N4S+. The highest BCUT2D eigenvalue weighted by Gasteiger charge is 2.29. The predicted molar refractivity (Wildman–Crippen MR) is 119 cm³/mol. The van der Waals surface area contributed by atoms with E-state index in [-0.39, 0.29) is 0 Å². The summed E-state index contributed by atoms with van der Waals surface area (Å²) in [7, 11) is 2.07.